The SMILES string of the molecule is NCCC(=O)NC[C@H]1CCCN(CC2CCCCC2)C1. The fraction of sp³-hybridized carbons (Fsp3) is 0.938. The van der Waals surface area contributed by atoms with Crippen molar-refractivity contribution in [2.45, 2.75) is 51.4 Å². The van der Waals surface area contributed by atoms with Gasteiger partial charge in [-0.2, -0.15) is 0 Å². The van der Waals surface area contributed by atoms with Crippen LogP contribution in [0.15, 0.2) is 0 Å². The molecule has 116 valence electrons. The molecule has 0 aromatic heterocycles. The van der Waals surface area contributed by atoms with Crippen molar-refractivity contribution < 1.29 is 4.79 Å². The average molecular weight is 281 g/mol. The van der Waals surface area contributed by atoms with Gasteiger partial charge in [-0.3, -0.25) is 4.79 Å². The first-order valence-electron chi connectivity index (χ1n) is 8.47. The molecule has 1 heterocycles. The van der Waals surface area contributed by atoms with Crippen molar-refractivity contribution in [2.75, 3.05) is 32.7 Å². The van der Waals surface area contributed by atoms with E-state index < -0.39 is 0 Å². The van der Waals surface area contributed by atoms with Crippen LogP contribution in [0, 0.1) is 11.8 Å². The molecule has 20 heavy (non-hydrogen) atoms. The van der Waals surface area contributed by atoms with Crippen LogP contribution in [0.5, 0.6) is 0 Å². The predicted molar refractivity (Wildman–Crippen MR) is 82.4 cm³/mol. The number of likely N-dealkylation sites (tertiary alicyclic amines) is 1. The highest BCUT2D eigenvalue weighted by Gasteiger charge is 2.23. The van der Waals surface area contributed by atoms with Crippen molar-refractivity contribution in [1.82, 2.24) is 10.2 Å². The Bertz CT molecular complexity index is 289. The third-order valence-corrected chi connectivity index (χ3v) is 4.80. The monoisotopic (exact) mass is 281 g/mol. The molecule has 0 unspecified atom stereocenters. The number of carbonyl (C=O) groups is 1. The second kappa shape index (κ2) is 8.63. The lowest BCUT2D eigenvalue weighted by Gasteiger charge is -2.36. The van der Waals surface area contributed by atoms with E-state index in [1.165, 1.54) is 64.6 Å². The van der Waals surface area contributed by atoms with Crippen molar-refractivity contribution in [1.29, 1.82) is 0 Å². The van der Waals surface area contributed by atoms with E-state index in [1.54, 1.807) is 0 Å². The summed E-state index contributed by atoms with van der Waals surface area (Å²) >= 11 is 0. The van der Waals surface area contributed by atoms with E-state index in [4.69, 9.17) is 5.73 Å². The summed E-state index contributed by atoms with van der Waals surface area (Å²) < 4.78 is 0. The maximum atomic E-state index is 11.5. The first kappa shape index (κ1) is 15.8. The average Bonchev–Trinajstić information content (AvgIpc) is 2.47. The van der Waals surface area contributed by atoms with Crippen molar-refractivity contribution in [3.8, 4) is 0 Å². The smallest absolute Gasteiger partial charge is 0.221 e. The number of amides is 1. The Hall–Kier alpha value is -0.610. The van der Waals surface area contributed by atoms with Crippen LogP contribution in [0.4, 0.5) is 0 Å². The number of rotatable bonds is 6. The maximum Gasteiger partial charge on any atom is 0.221 e. The minimum absolute atomic E-state index is 0.108. The van der Waals surface area contributed by atoms with Gasteiger partial charge in [-0.05, 0) is 44.1 Å². The lowest BCUT2D eigenvalue weighted by Crippen LogP contribution is -2.43. The molecule has 1 atom stereocenters. The minimum atomic E-state index is 0.108. The molecular formula is C16H31N3O. The van der Waals surface area contributed by atoms with Gasteiger partial charge in [0.15, 0.2) is 0 Å². The molecule has 4 nitrogen and oxygen atoms in total. The summed E-state index contributed by atoms with van der Waals surface area (Å²) in [5.41, 5.74) is 5.40. The molecular weight excluding hydrogens is 250 g/mol. The van der Waals surface area contributed by atoms with Crippen LogP contribution in [-0.2, 0) is 4.79 Å². The summed E-state index contributed by atoms with van der Waals surface area (Å²) in [6.45, 7) is 4.99. The van der Waals surface area contributed by atoms with Gasteiger partial charge in [-0.1, -0.05) is 19.3 Å². The fourth-order valence-corrected chi connectivity index (χ4v) is 3.70. The Morgan fingerprint density at radius 1 is 1.10 bits per heavy atom. The highest BCUT2D eigenvalue weighted by Crippen LogP contribution is 2.26. The van der Waals surface area contributed by atoms with Gasteiger partial charge in [0.2, 0.25) is 5.91 Å². The largest absolute Gasteiger partial charge is 0.356 e. The molecule has 4 heteroatoms. The molecule has 0 bridgehead atoms. The first-order valence-corrected chi connectivity index (χ1v) is 8.47. The van der Waals surface area contributed by atoms with E-state index in [0.29, 0.717) is 18.9 Å². The topological polar surface area (TPSA) is 58.4 Å². The summed E-state index contributed by atoms with van der Waals surface area (Å²) in [7, 11) is 0. The molecule has 3 N–H and O–H groups in total. The Morgan fingerprint density at radius 2 is 1.85 bits per heavy atom. The third-order valence-electron chi connectivity index (χ3n) is 4.80. The highest BCUT2D eigenvalue weighted by atomic mass is 16.1. The standard InChI is InChI=1S/C16H31N3O/c17-9-8-16(20)18-11-15-7-4-10-19(13-15)12-14-5-2-1-3-6-14/h14-15H,1-13,17H2,(H,18,20)/t15-/m1/s1. The number of hydrogen-bond donors (Lipinski definition) is 2. The molecule has 2 fully saturated rings. The summed E-state index contributed by atoms with van der Waals surface area (Å²) in [6.07, 6.45) is 10.1. The Kier molecular flexibility index (Phi) is 6.80. The van der Waals surface area contributed by atoms with Gasteiger partial charge in [0.05, 0.1) is 0 Å². The van der Waals surface area contributed by atoms with Gasteiger partial charge < -0.3 is 16.0 Å². The molecule has 0 aromatic rings. The third kappa shape index (κ3) is 5.41. The number of nitrogens with two attached hydrogens (primary N) is 1. The molecule has 0 radical (unpaired) electrons. The zero-order chi connectivity index (χ0) is 14.2. The van der Waals surface area contributed by atoms with E-state index in [2.05, 4.69) is 10.2 Å². The van der Waals surface area contributed by atoms with Crippen LogP contribution in [0.1, 0.15) is 51.4 Å². The molecule has 1 aliphatic heterocycles. The van der Waals surface area contributed by atoms with Gasteiger partial charge in [-0.15, -0.1) is 0 Å². The van der Waals surface area contributed by atoms with Gasteiger partial charge >= 0.3 is 0 Å². The number of nitrogens with one attached hydrogen (secondary N) is 1. The van der Waals surface area contributed by atoms with Crippen molar-refractivity contribution in [3.63, 3.8) is 0 Å². The molecule has 0 spiro atoms. The molecule has 2 aliphatic rings. The number of hydrogen-bond acceptors (Lipinski definition) is 3. The Morgan fingerprint density at radius 3 is 2.60 bits per heavy atom. The van der Waals surface area contributed by atoms with Crippen molar-refractivity contribution >= 4 is 5.91 Å². The number of nitrogens with zero attached hydrogens (tertiary/aromatic N) is 1. The zero-order valence-electron chi connectivity index (χ0n) is 12.8. The van der Waals surface area contributed by atoms with Gasteiger partial charge in [-0.25, -0.2) is 0 Å². The van der Waals surface area contributed by atoms with E-state index in [1.807, 2.05) is 0 Å². The first-order chi connectivity index (χ1) is 9.78. The van der Waals surface area contributed by atoms with Crippen molar-refractivity contribution in [3.05, 3.63) is 0 Å². The van der Waals surface area contributed by atoms with Crippen LogP contribution in [0.2, 0.25) is 0 Å². The van der Waals surface area contributed by atoms with E-state index in [-0.39, 0.29) is 5.91 Å². The zero-order valence-corrected chi connectivity index (χ0v) is 12.8. The molecule has 1 amide bonds. The second-order valence-electron chi connectivity index (χ2n) is 6.61. The van der Waals surface area contributed by atoms with Crippen molar-refractivity contribution in [2.24, 2.45) is 17.6 Å². The Balaban J connectivity index is 1.66. The highest BCUT2D eigenvalue weighted by molar-refractivity contribution is 5.75. The summed E-state index contributed by atoms with van der Waals surface area (Å²) in [4.78, 5) is 14.1. The van der Waals surface area contributed by atoms with Crippen LogP contribution >= 0.6 is 0 Å². The Labute approximate surface area is 123 Å². The summed E-state index contributed by atoms with van der Waals surface area (Å²) in [5, 5.41) is 3.03. The predicted octanol–water partition coefficient (Wildman–Crippen LogP) is 1.74. The van der Waals surface area contributed by atoms with E-state index in [0.717, 1.165) is 12.5 Å². The van der Waals surface area contributed by atoms with Crippen LogP contribution in [0.3, 0.4) is 0 Å². The van der Waals surface area contributed by atoms with E-state index >= 15 is 0 Å². The minimum Gasteiger partial charge on any atom is -0.356 e. The summed E-state index contributed by atoms with van der Waals surface area (Å²) in [5.74, 6) is 1.67. The normalized spacial score (nSPS) is 25.6. The molecule has 1 saturated heterocycles. The molecule has 0 aromatic carbocycles. The number of carbonyl (C=O) groups excluding carboxylic acids is 1. The van der Waals surface area contributed by atoms with Crippen LogP contribution in [0.25, 0.3) is 0 Å². The van der Waals surface area contributed by atoms with Gasteiger partial charge in [0.1, 0.15) is 0 Å². The maximum absolute atomic E-state index is 11.5. The molecule has 1 aliphatic carbocycles. The van der Waals surface area contributed by atoms with E-state index in [9.17, 15) is 4.79 Å². The molecule has 1 saturated carbocycles. The van der Waals surface area contributed by atoms with Gasteiger partial charge in [0.25, 0.3) is 0 Å². The quantitative estimate of drug-likeness (QED) is 0.780. The molecule has 2 rings (SSSR count). The second-order valence-corrected chi connectivity index (χ2v) is 6.61. The van der Waals surface area contributed by atoms with Crippen LogP contribution in [-0.4, -0.2) is 43.5 Å². The van der Waals surface area contributed by atoms with Gasteiger partial charge in [0, 0.05) is 32.6 Å². The summed E-state index contributed by atoms with van der Waals surface area (Å²) in [6, 6.07) is 0. The van der Waals surface area contributed by atoms with Crippen LogP contribution < -0.4 is 11.1 Å². The lowest BCUT2D eigenvalue weighted by atomic mass is 9.88. The fourth-order valence-electron chi connectivity index (χ4n) is 3.70. The number of piperidine rings is 1. The lowest BCUT2D eigenvalue weighted by molar-refractivity contribution is -0.121.